The highest BCUT2D eigenvalue weighted by Crippen LogP contribution is 2.45. The van der Waals surface area contributed by atoms with Gasteiger partial charge in [-0.15, -0.1) is 9.05 Å². The number of rotatable bonds is 11. The molecule has 1 fully saturated rings. The predicted molar refractivity (Wildman–Crippen MR) is 149 cm³/mol. The molecule has 1 aliphatic rings. The number of nitriles is 1. The smallest absolute Gasteiger partial charge is 0.408 e. The second-order valence-electron chi connectivity index (χ2n) is 12.5. The van der Waals surface area contributed by atoms with Gasteiger partial charge < -0.3 is 13.6 Å². The molecule has 0 bridgehead atoms. The third-order valence-electron chi connectivity index (χ3n) is 7.64. The molecule has 1 N–H and O–H groups in total. The fourth-order valence-electron chi connectivity index (χ4n) is 3.33. The normalized spacial score (nSPS) is 23.3. The van der Waals surface area contributed by atoms with Crippen LogP contribution in [0.15, 0.2) is 21.9 Å². The molecule has 0 radical (unpaired) electrons. The molecular weight excluding hydrogens is 545 g/mol. The minimum Gasteiger partial charge on any atom is -0.408 e. The molecule has 14 heteroatoms. The molecule has 5 atom stereocenters. The molecule has 1 saturated heterocycles. The molecule has 0 aliphatic carbocycles. The van der Waals surface area contributed by atoms with Crippen molar-refractivity contribution in [2.75, 3.05) is 13.2 Å². The minimum atomic E-state index is -2.50. The lowest BCUT2D eigenvalue weighted by molar-refractivity contribution is -0.0500. The van der Waals surface area contributed by atoms with Crippen LogP contribution in [0.5, 0.6) is 0 Å². The lowest BCUT2D eigenvalue weighted by atomic mass is 10.1. The number of ether oxygens (including phenoxy) is 1. The lowest BCUT2D eigenvalue weighted by Gasteiger charge is -2.44. The molecule has 1 aromatic rings. The van der Waals surface area contributed by atoms with E-state index in [1.54, 1.807) is 0 Å². The van der Waals surface area contributed by atoms with E-state index >= 15 is 0 Å². The van der Waals surface area contributed by atoms with Crippen molar-refractivity contribution < 1.29 is 27.2 Å². The van der Waals surface area contributed by atoms with Crippen LogP contribution < -0.4 is 11.2 Å². The quantitative estimate of drug-likeness (QED) is 0.219. The molecule has 0 amide bonds. The average Bonchev–Trinajstić information content (AvgIpc) is 3.06. The van der Waals surface area contributed by atoms with E-state index in [1.165, 1.54) is 16.8 Å². The zero-order chi connectivity index (χ0) is 29.1. The summed E-state index contributed by atoms with van der Waals surface area (Å²) in [7, 11) is -7.31. The zero-order valence-corrected chi connectivity index (χ0v) is 27.1. The molecule has 0 aromatic carbocycles. The molecule has 38 heavy (non-hydrogen) atoms. The van der Waals surface area contributed by atoms with Gasteiger partial charge in [-0.25, -0.2) is 4.79 Å². The highest BCUT2D eigenvalue weighted by Gasteiger charge is 2.55. The maximum absolute atomic E-state index is 12.8. The molecule has 214 valence electrons. The maximum atomic E-state index is 12.8. The van der Waals surface area contributed by atoms with E-state index in [0.29, 0.717) is 0 Å². The van der Waals surface area contributed by atoms with Crippen LogP contribution in [0.2, 0.25) is 36.3 Å². The van der Waals surface area contributed by atoms with E-state index in [1.807, 2.05) is 6.07 Å². The molecule has 2 heterocycles. The Balaban J connectivity index is 2.54. The number of nitrogens with one attached hydrogen (secondary N) is 1. The average molecular weight is 589 g/mol. The van der Waals surface area contributed by atoms with Gasteiger partial charge in [0.1, 0.15) is 31.5 Å². The molecule has 0 spiro atoms. The number of aromatic nitrogens is 2. The van der Waals surface area contributed by atoms with Crippen LogP contribution >= 0.6 is 8.25 Å². The third kappa shape index (κ3) is 8.02. The summed E-state index contributed by atoms with van der Waals surface area (Å²) in [6.45, 7) is 21.0. The monoisotopic (exact) mass is 588 g/mol. The van der Waals surface area contributed by atoms with Gasteiger partial charge in [0.2, 0.25) is 0 Å². The van der Waals surface area contributed by atoms with Crippen LogP contribution in [0, 0.1) is 11.3 Å². The van der Waals surface area contributed by atoms with Crippen LogP contribution in [0.25, 0.3) is 0 Å². The largest absolute Gasteiger partial charge is 0.697 e. The summed E-state index contributed by atoms with van der Waals surface area (Å²) in [6, 6.07) is 3.17. The summed E-state index contributed by atoms with van der Waals surface area (Å²) in [5.74, 6) is 0. The summed E-state index contributed by atoms with van der Waals surface area (Å²) >= 11 is 0. The Kier molecular flexibility index (Phi) is 10.6. The van der Waals surface area contributed by atoms with E-state index in [4.69, 9.17) is 27.9 Å². The number of hydrogen-bond acceptors (Lipinski definition) is 9. The number of aromatic amines is 1. The first-order chi connectivity index (χ1) is 17.3. The molecule has 11 nitrogen and oxygen atoms in total. The van der Waals surface area contributed by atoms with Gasteiger partial charge >= 0.3 is 13.9 Å². The second kappa shape index (κ2) is 12.3. The number of H-pyrrole nitrogens is 1. The maximum Gasteiger partial charge on any atom is 0.697 e. The molecule has 0 saturated carbocycles. The van der Waals surface area contributed by atoms with Gasteiger partial charge in [-0.2, -0.15) is 5.26 Å². The Morgan fingerprint density at radius 2 is 1.58 bits per heavy atom. The molecule has 1 unspecified atom stereocenters. The van der Waals surface area contributed by atoms with Crippen LogP contribution in [-0.2, 0) is 27.2 Å². The van der Waals surface area contributed by atoms with Crippen LogP contribution in [0.3, 0.4) is 0 Å². The Morgan fingerprint density at radius 1 is 1.03 bits per heavy atom. The van der Waals surface area contributed by atoms with Crippen molar-refractivity contribution in [1.82, 2.24) is 9.55 Å². The first-order valence-corrected chi connectivity index (χ1v) is 19.6. The summed E-state index contributed by atoms with van der Waals surface area (Å²) in [5, 5.41) is 8.40. The predicted octanol–water partition coefficient (Wildman–Crippen LogP) is 4.82. The summed E-state index contributed by atoms with van der Waals surface area (Å²) in [4.78, 5) is 26.9. The van der Waals surface area contributed by atoms with Crippen molar-refractivity contribution in [1.29, 1.82) is 5.26 Å². The van der Waals surface area contributed by atoms with E-state index in [-0.39, 0.29) is 29.7 Å². The van der Waals surface area contributed by atoms with Gasteiger partial charge in [-0.1, -0.05) is 41.5 Å². The van der Waals surface area contributed by atoms with E-state index in [2.05, 4.69) is 72.7 Å². The standard InChI is InChI=1S/C24H42N3O8PSi2/c1-23(2,3)37(7,8)34-19-17(16-32-36(30)31-15-11-13-25)33-21(27-14-12-18(28)26-22(27)29)20(19)35-38(9,10)24(4,5)6/h12,14,17,19-21H,11,15-16H2,1-10H3/p+1/t17-,19-,20-,21-/m1/s1. The van der Waals surface area contributed by atoms with Gasteiger partial charge in [0.05, 0.1) is 12.5 Å². The Bertz CT molecular complexity index is 1130. The van der Waals surface area contributed by atoms with Crippen LogP contribution in [0.1, 0.15) is 54.2 Å². The fraction of sp³-hybridized carbons (Fsp3) is 0.792. The highest BCUT2D eigenvalue weighted by atomic mass is 31.1. The van der Waals surface area contributed by atoms with Crippen molar-refractivity contribution >= 4 is 24.9 Å². The Hall–Kier alpha value is -1.50. The lowest BCUT2D eigenvalue weighted by Crippen LogP contribution is -2.54. The van der Waals surface area contributed by atoms with Gasteiger partial charge in [0, 0.05) is 16.8 Å². The first kappa shape index (κ1) is 32.7. The van der Waals surface area contributed by atoms with Gasteiger partial charge in [-0.05, 0) is 36.3 Å². The molecule has 1 aromatic heterocycles. The third-order valence-corrected chi connectivity index (χ3v) is 17.3. The zero-order valence-electron chi connectivity index (χ0n) is 24.2. The van der Waals surface area contributed by atoms with E-state index < -0.39 is 60.7 Å². The first-order valence-electron chi connectivity index (χ1n) is 12.7. The fourth-order valence-corrected chi connectivity index (χ4v) is 6.52. The van der Waals surface area contributed by atoms with Crippen LogP contribution in [0.4, 0.5) is 0 Å². The van der Waals surface area contributed by atoms with Crippen molar-refractivity contribution in [2.45, 2.75) is 109 Å². The van der Waals surface area contributed by atoms with Gasteiger partial charge in [0.25, 0.3) is 5.56 Å². The summed E-state index contributed by atoms with van der Waals surface area (Å²) in [5.41, 5.74) is -1.16. The summed E-state index contributed by atoms with van der Waals surface area (Å²) in [6.07, 6.45) is -1.57. The van der Waals surface area contributed by atoms with Crippen molar-refractivity contribution in [3.05, 3.63) is 33.1 Å². The van der Waals surface area contributed by atoms with Crippen LogP contribution in [-0.4, -0.2) is 57.7 Å². The second-order valence-corrected chi connectivity index (χ2v) is 23.0. The Morgan fingerprint density at radius 3 is 2.08 bits per heavy atom. The van der Waals surface area contributed by atoms with Crippen molar-refractivity contribution in [3.63, 3.8) is 0 Å². The summed E-state index contributed by atoms with van der Waals surface area (Å²) < 4.78 is 44.2. The molecular formula is C24H43N3O8PSi2+. The van der Waals surface area contributed by atoms with Crippen molar-refractivity contribution in [3.8, 4) is 6.07 Å². The topological polar surface area (TPSA) is 142 Å². The van der Waals surface area contributed by atoms with Gasteiger partial charge in [-0.3, -0.25) is 14.3 Å². The molecule has 1 aliphatic heterocycles. The SMILES string of the molecule is CC(C)(C)[Si](C)(C)O[C@@H]1[C@H](O[Si](C)(C)C(C)(C)C)[C@@H](CO[P+](=O)OCCC#N)O[C@H]1n1ccc(=O)[nH]c1=O. The minimum absolute atomic E-state index is 0.0202. The van der Waals surface area contributed by atoms with Crippen molar-refractivity contribution in [2.24, 2.45) is 0 Å². The highest BCUT2D eigenvalue weighted by molar-refractivity contribution is 7.33. The van der Waals surface area contributed by atoms with Gasteiger partial charge in [0.15, 0.2) is 22.9 Å². The van der Waals surface area contributed by atoms with E-state index in [0.717, 1.165) is 0 Å². The molecule has 2 rings (SSSR count). The number of nitrogens with zero attached hydrogens (tertiary/aromatic N) is 2. The Labute approximate surface area is 228 Å². The number of hydrogen-bond donors (Lipinski definition) is 1. The van der Waals surface area contributed by atoms with E-state index in [9.17, 15) is 14.2 Å².